The molecule has 9 heteroatoms. The van der Waals surface area contributed by atoms with Gasteiger partial charge in [0, 0.05) is 10.9 Å². The highest BCUT2D eigenvalue weighted by molar-refractivity contribution is 7.92. The third-order valence-corrected chi connectivity index (χ3v) is 7.18. The van der Waals surface area contributed by atoms with Crippen LogP contribution < -0.4 is 19.5 Å². The number of carbonyl (C=O) groups excluding carboxylic acids is 2. The monoisotopic (exact) mass is 512 g/mol. The van der Waals surface area contributed by atoms with Crippen LogP contribution in [0.1, 0.15) is 50.0 Å². The highest BCUT2D eigenvalue weighted by atomic mass is 32.2. The summed E-state index contributed by atoms with van der Waals surface area (Å²) >= 11 is 0. The Balaban J connectivity index is 2.06. The molecule has 192 valence electrons. The largest absolute Gasteiger partial charge is 0.496 e. The molecule has 0 aromatic heterocycles. The van der Waals surface area contributed by atoms with Crippen molar-refractivity contribution in [2.45, 2.75) is 39.5 Å². The lowest BCUT2D eigenvalue weighted by Gasteiger charge is -2.24. The topological polar surface area (TPSA) is 111 Å². The predicted molar refractivity (Wildman–Crippen MR) is 143 cm³/mol. The molecule has 0 saturated carbocycles. The van der Waals surface area contributed by atoms with E-state index in [9.17, 15) is 18.0 Å². The summed E-state index contributed by atoms with van der Waals surface area (Å²) in [6.45, 7) is 7.64. The number of hydrogen-bond donors (Lipinski definition) is 2. The zero-order valence-corrected chi connectivity index (χ0v) is 22.2. The molecule has 0 atom stereocenters. The quantitative estimate of drug-likeness (QED) is 0.304. The number of ketones is 1. The van der Waals surface area contributed by atoms with Gasteiger partial charge < -0.3 is 14.8 Å². The van der Waals surface area contributed by atoms with Crippen LogP contribution in [-0.2, 0) is 20.2 Å². The second-order valence-electron chi connectivity index (χ2n) is 9.42. The minimum Gasteiger partial charge on any atom is -0.496 e. The lowest BCUT2D eigenvalue weighted by atomic mass is 9.86. The number of amides is 1. The Morgan fingerprint density at radius 2 is 1.56 bits per heavy atom. The van der Waals surface area contributed by atoms with Gasteiger partial charge in [0.2, 0.25) is 10.0 Å². The molecule has 0 heterocycles. The van der Waals surface area contributed by atoms with Crippen molar-refractivity contribution in [3.05, 3.63) is 59.7 Å². The summed E-state index contributed by atoms with van der Waals surface area (Å²) in [5.41, 5.74) is 0.965. The summed E-state index contributed by atoms with van der Waals surface area (Å²) in [7, 11) is -0.725. The average molecular weight is 513 g/mol. The van der Waals surface area contributed by atoms with Gasteiger partial charge in [0.05, 0.1) is 31.3 Å². The van der Waals surface area contributed by atoms with E-state index < -0.39 is 21.7 Å². The number of rotatable bonds is 9. The summed E-state index contributed by atoms with van der Waals surface area (Å²) < 4.78 is 38.5. The van der Waals surface area contributed by atoms with E-state index >= 15 is 0 Å². The van der Waals surface area contributed by atoms with Crippen LogP contribution in [0.5, 0.6) is 11.5 Å². The summed E-state index contributed by atoms with van der Waals surface area (Å²) in [4.78, 5) is 26.4. The van der Waals surface area contributed by atoms with Crippen molar-refractivity contribution in [1.82, 2.24) is 0 Å². The van der Waals surface area contributed by atoms with E-state index in [1.54, 1.807) is 43.3 Å². The third-order valence-electron chi connectivity index (χ3n) is 5.70. The number of carbonyl (C=O) groups is 2. The number of sulfonamides is 1. The maximum atomic E-state index is 13.2. The Morgan fingerprint density at radius 3 is 2.14 bits per heavy atom. The first-order chi connectivity index (χ1) is 16.9. The Bertz CT molecular complexity index is 1410. The first-order valence-electron chi connectivity index (χ1n) is 11.6. The second-order valence-corrected chi connectivity index (χ2v) is 11.3. The third kappa shape index (κ3) is 5.79. The maximum absolute atomic E-state index is 13.2. The number of Topliss-reactive ketones (excluding diaryl/α,β-unsaturated/α-hetero) is 1. The molecule has 0 fully saturated rings. The summed E-state index contributed by atoms with van der Waals surface area (Å²) in [6.07, 6.45) is 0.435. The Hall–Kier alpha value is -3.59. The highest BCUT2D eigenvalue weighted by Crippen LogP contribution is 2.39. The van der Waals surface area contributed by atoms with Crippen LogP contribution in [0.4, 0.5) is 11.4 Å². The predicted octanol–water partition coefficient (Wildman–Crippen LogP) is 5.13. The van der Waals surface area contributed by atoms with Gasteiger partial charge >= 0.3 is 0 Å². The summed E-state index contributed by atoms with van der Waals surface area (Å²) in [6, 6.07) is 13.7. The van der Waals surface area contributed by atoms with Crippen LogP contribution in [0.15, 0.2) is 48.5 Å². The number of nitrogens with one attached hydrogen (secondary N) is 2. The van der Waals surface area contributed by atoms with Crippen molar-refractivity contribution >= 4 is 43.9 Å². The van der Waals surface area contributed by atoms with Crippen molar-refractivity contribution in [2.75, 3.05) is 30.0 Å². The SMILES string of the molecule is CCCS(=O)(=O)Nc1cc(C(C)(C)C)cc(NC(=O)C(=O)c2ccc(OC)c3ccccc23)c1OC. The van der Waals surface area contributed by atoms with Crippen molar-refractivity contribution in [2.24, 2.45) is 0 Å². The van der Waals surface area contributed by atoms with Crippen molar-refractivity contribution < 1.29 is 27.5 Å². The first kappa shape index (κ1) is 27.0. The molecule has 0 unspecified atom stereocenters. The lowest BCUT2D eigenvalue weighted by Crippen LogP contribution is -2.25. The molecule has 1 amide bonds. The molecule has 8 nitrogen and oxygen atoms in total. The summed E-state index contributed by atoms with van der Waals surface area (Å²) in [5, 5.41) is 3.93. The van der Waals surface area contributed by atoms with Gasteiger partial charge in [0.1, 0.15) is 5.75 Å². The van der Waals surface area contributed by atoms with E-state index in [2.05, 4.69) is 10.0 Å². The number of hydrogen-bond acceptors (Lipinski definition) is 6. The molecule has 0 aliphatic heterocycles. The minimum absolute atomic E-state index is 0.0688. The van der Waals surface area contributed by atoms with Gasteiger partial charge in [-0.15, -0.1) is 0 Å². The zero-order valence-electron chi connectivity index (χ0n) is 21.4. The fourth-order valence-corrected chi connectivity index (χ4v) is 5.01. The molecule has 3 rings (SSSR count). The van der Waals surface area contributed by atoms with Crippen molar-refractivity contribution in [3.8, 4) is 11.5 Å². The van der Waals surface area contributed by atoms with Gasteiger partial charge in [0.25, 0.3) is 11.7 Å². The van der Waals surface area contributed by atoms with E-state index in [0.717, 1.165) is 5.56 Å². The van der Waals surface area contributed by atoms with E-state index in [-0.39, 0.29) is 33.9 Å². The molecule has 2 N–H and O–H groups in total. The summed E-state index contributed by atoms with van der Waals surface area (Å²) in [5.74, 6) is -0.988. The standard InChI is InChI=1S/C27H32N2O6S/c1-7-14-36(32,33)29-22-16-17(27(2,3)4)15-21(25(22)35-6)28-26(31)24(30)20-12-13-23(34-5)19-11-9-8-10-18(19)20/h8-13,15-16,29H,7,14H2,1-6H3,(H,28,31). The van der Waals surface area contributed by atoms with Crippen molar-refractivity contribution in [3.63, 3.8) is 0 Å². The normalized spacial score (nSPS) is 11.7. The van der Waals surface area contributed by atoms with Crippen LogP contribution in [0, 0.1) is 0 Å². The highest BCUT2D eigenvalue weighted by Gasteiger charge is 2.26. The van der Waals surface area contributed by atoms with Crippen LogP contribution in [0.3, 0.4) is 0 Å². The average Bonchev–Trinajstić information content (AvgIpc) is 2.81. The second kappa shape index (κ2) is 10.6. The first-order valence-corrected chi connectivity index (χ1v) is 13.2. The van der Waals surface area contributed by atoms with Crippen LogP contribution in [0.25, 0.3) is 10.8 Å². The van der Waals surface area contributed by atoms with Gasteiger partial charge in [-0.05, 0) is 47.1 Å². The fourth-order valence-electron chi connectivity index (χ4n) is 3.89. The molecule has 36 heavy (non-hydrogen) atoms. The molecular formula is C27H32N2O6S. The zero-order chi connectivity index (χ0) is 26.7. The molecular weight excluding hydrogens is 480 g/mol. The van der Waals surface area contributed by atoms with Crippen LogP contribution in [-0.4, -0.2) is 40.1 Å². The number of methoxy groups -OCH3 is 2. The molecule has 0 aliphatic carbocycles. The van der Waals surface area contributed by atoms with Crippen molar-refractivity contribution in [1.29, 1.82) is 0 Å². The Kier molecular flexibility index (Phi) is 7.93. The van der Waals surface area contributed by atoms with E-state index in [0.29, 0.717) is 22.9 Å². The smallest absolute Gasteiger partial charge is 0.296 e. The fraction of sp³-hybridized carbons (Fsp3) is 0.333. The van der Waals surface area contributed by atoms with Gasteiger partial charge in [-0.25, -0.2) is 8.42 Å². The number of fused-ring (bicyclic) bond motifs is 1. The molecule has 0 spiro atoms. The maximum Gasteiger partial charge on any atom is 0.296 e. The lowest BCUT2D eigenvalue weighted by molar-refractivity contribution is -0.112. The van der Waals surface area contributed by atoms with Crippen LogP contribution in [0.2, 0.25) is 0 Å². The molecule has 0 aliphatic rings. The van der Waals surface area contributed by atoms with E-state index in [4.69, 9.17) is 9.47 Å². The van der Waals surface area contributed by atoms with E-state index in [1.165, 1.54) is 14.2 Å². The van der Waals surface area contributed by atoms with Gasteiger partial charge in [-0.1, -0.05) is 52.0 Å². The molecule has 0 bridgehead atoms. The van der Waals surface area contributed by atoms with E-state index in [1.807, 2.05) is 32.9 Å². The molecule has 3 aromatic carbocycles. The minimum atomic E-state index is -3.64. The van der Waals surface area contributed by atoms with Crippen LogP contribution >= 0.6 is 0 Å². The molecule has 0 saturated heterocycles. The Morgan fingerprint density at radius 1 is 0.917 bits per heavy atom. The van der Waals surface area contributed by atoms with Gasteiger partial charge in [-0.2, -0.15) is 0 Å². The van der Waals surface area contributed by atoms with Gasteiger partial charge in [0.15, 0.2) is 5.75 Å². The van der Waals surface area contributed by atoms with Gasteiger partial charge in [-0.3, -0.25) is 14.3 Å². The Labute approximate surface area is 212 Å². The molecule has 0 radical (unpaired) electrons. The number of ether oxygens (including phenoxy) is 2. The number of benzene rings is 3. The molecule has 3 aromatic rings. The number of anilines is 2.